The molecule has 0 saturated heterocycles. The lowest BCUT2D eigenvalue weighted by atomic mass is 10.1. The van der Waals surface area contributed by atoms with E-state index in [-0.39, 0.29) is 0 Å². The Morgan fingerprint density at radius 3 is 0.976 bits per heavy atom. The molecule has 0 rings (SSSR count). The molecule has 0 N–H and O–H groups in total. The van der Waals surface area contributed by atoms with E-state index in [9.17, 15) is 0 Å². The fourth-order valence-corrected chi connectivity index (χ4v) is 9.61. The van der Waals surface area contributed by atoms with Crippen LogP contribution in [0.5, 0.6) is 0 Å². The van der Waals surface area contributed by atoms with Crippen molar-refractivity contribution in [3.05, 3.63) is 0 Å². The largest absolute Gasteiger partial charge is 0.304 e. The lowest BCUT2D eigenvalue weighted by Gasteiger charge is -2.24. The Hall–Kier alpha value is 1.32. The number of hydrogen-bond donors (Lipinski definition) is 0. The average molecular weight is 651 g/mol. The average Bonchev–Trinajstić information content (AvgIpc) is 2.99. The molecule has 0 heterocycles. The Kier molecular flexibility index (Phi) is 38.7. The molecule has 0 aromatic heterocycles. The standard InChI is InChI=1S/C35H74N2S4/c1-5-9-11-13-15-17-19-21-23-25-32-38-40-34-30-37(29-27-28-36(7-3)8-4)31-35-41-39-33-26-24-22-20-18-16-14-12-10-6-2/h5-35H2,1-4H3. The van der Waals surface area contributed by atoms with Crippen molar-refractivity contribution in [1.82, 2.24) is 9.80 Å². The van der Waals surface area contributed by atoms with E-state index < -0.39 is 0 Å². The maximum absolute atomic E-state index is 2.76. The Bertz CT molecular complexity index is 433. The third-order valence-corrected chi connectivity index (χ3v) is 13.1. The zero-order valence-corrected chi connectivity index (χ0v) is 31.7. The molecule has 2 nitrogen and oxygen atoms in total. The molecule has 0 amide bonds. The van der Waals surface area contributed by atoms with E-state index in [4.69, 9.17) is 0 Å². The van der Waals surface area contributed by atoms with Crippen LogP contribution in [-0.4, -0.2) is 72.1 Å². The maximum Gasteiger partial charge on any atom is 0.0165 e. The highest BCUT2D eigenvalue weighted by molar-refractivity contribution is 8.77. The summed E-state index contributed by atoms with van der Waals surface area (Å²) < 4.78 is 0. The van der Waals surface area contributed by atoms with E-state index in [1.807, 2.05) is 0 Å². The second-order valence-electron chi connectivity index (χ2n) is 11.9. The molecule has 248 valence electrons. The van der Waals surface area contributed by atoms with Gasteiger partial charge in [-0.3, -0.25) is 0 Å². The molecule has 0 saturated carbocycles. The molecule has 0 radical (unpaired) electrons. The predicted molar refractivity (Wildman–Crippen MR) is 202 cm³/mol. The molecular weight excluding hydrogens is 577 g/mol. The van der Waals surface area contributed by atoms with Gasteiger partial charge in [0, 0.05) is 36.1 Å². The smallest absolute Gasteiger partial charge is 0.0165 e. The van der Waals surface area contributed by atoms with Crippen LogP contribution in [0.15, 0.2) is 0 Å². The fraction of sp³-hybridized carbons (Fsp3) is 1.00. The van der Waals surface area contributed by atoms with Crippen molar-refractivity contribution in [2.45, 2.75) is 163 Å². The van der Waals surface area contributed by atoms with Crippen LogP contribution >= 0.6 is 43.2 Å². The molecule has 0 spiro atoms. The van der Waals surface area contributed by atoms with E-state index >= 15 is 0 Å². The highest BCUT2D eigenvalue weighted by Crippen LogP contribution is 2.25. The SMILES string of the molecule is CCCCCCCCCCCCSSCCN(CCCN(CC)CC)CCSSCCCCCCCCCCCC. The molecule has 0 aliphatic rings. The molecule has 0 aliphatic heterocycles. The zero-order chi connectivity index (χ0) is 29.9. The van der Waals surface area contributed by atoms with E-state index in [0.29, 0.717) is 0 Å². The van der Waals surface area contributed by atoms with Gasteiger partial charge in [-0.25, -0.2) is 0 Å². The van der Waals surface area contributed by atoms with Gasteiger partial charge >= 0.3 is 0 Å². The molecule has 0 aromatic rings. The minimum Gasteiger partial charge on any atom is -0.304 e. The quantitative estimate of drug-likeness (QED) is 0.0488. The van der Waals surface area contributed by atoms with Crippen molar-refractivity contribution in [1.29, 1.82) is 0 Å². The monoisotopic (exact) mass is 650 g/mol. The van der Waals surface area contributed by atoms with Gasteiger partial charge in [0.2, 0.25) is 0 Å². The Labute approximate surface area is 276 Å². The first-order valence-corrected chi connectivity index (χ1v) is 23.2. The fourth-order valence-electron chi connectivity index (χ4n) is 5.26. The van der Waals surface area contributed by atoms with Crippen molar-refractivity contribution in [3.8, 4) is 0 Å². The van der Waals surface area contributed by atoms with Crippen LogP contribution in [-0.2, 0) is 0 Å². The van der Waals surface area contributed by atoms with Crippen molar-refractivity contribution < 1.29 is 0 Å². The van der Waals surface area contributed by atoms with Crippen molar-refractivity contribution >= 4 is 43.2 Å². The second kappa shape index (κ2) is 37.5. The Morgan fingerprint density at radius 2 is 0.610 bits per heavy atom. The first-order valence-electron chi connectivity index (χ1n) is 18.2. The van der Waals surface area contributed by atoms with E-state index in [2.05, 4.69) is 80.7 Å². The normalized spacial score (nSPS) is 11.9. The summed E-state index contributed by atoms with van der Waals surface area (Å²) in [6, 6.07) is 0. The summed E-state index contributed by atoms with van der Waals surface area (Å²) in [4.78, 5) is 5.33. The molecule has 0 fully saturated rings. The summed E-state index contributed by atoms with van der Waals surface area (Å²) in [5.41, 5.74) is 0. The van der Waals surface area contributed by atoms with Crippen LogP contribution in [0.1, 0.15) is 163 Å². The molecule has 0 aliphatic carbocycles. The lowest BCUT2D eigenvalue weighted by molar-refractivity contribution is 0.253. The van der Waals surface area contributed by atoms with Crippen molar-refractivity contribution in [2.75, 3.05) is 62.3 Å². The van der Waals surface area contributed by atoms with Gasteiger partial charge < -0.3 is 9.80 Å². The van der Waals surface area contributed by atoms with Crippen LogP contribution in [0.25, 0.3) is 0 Å². The Balaban J connectivity index is 3.80. The van der Waals surface area contributed by atoms with Gasteiger partial charge in [0.15, 0.2) is 0 Å². The highest BCUT2D eigenvalue weighted by atomic mass is 33.1. The Morgan fingerprint density at radius 1 is 0.293 bits per heavy atom. The summed E-state index contributed by atoms with van der Waals surface area (Å²) in [5, 5.41) is 0. The van der Waals surface area contributed by atoms with E-state index in [1.165, 1.54) is 197 Å². The predicted octanol–water partition coefficient (Wildman–Crippen LogP) is 12.6. The van der Waals surface area contributed by atoms with Gasteiger partial charge in [0.1, 0.15) is 0 Å². The molecule has 6 heteroatoms. The van der Waals surface area contributed by atoms with Crippen LogP contribution in [0.4, 0.5) is 0 Å². The highest BCUT2D eigenvalue weighted by Gasteiger charge is 2.07. The van der Waals surface area contributed by atoms with Crippen LogP contribution < -0.4 is 0 Å². The molecule has 41 heavy (non-hydrogen) atoms. The number of unbranched alkanes of at least 4 members (excludes halogenated alkanes) is 18. The molecule has 0 aromatic carbocycles. The summed E-state index contributed by atoms with van der Waals surface area (Å²) >= 11 is 0. The van der Waals surface area contributed by atoms with Gasteiger partial charge in [-0.15, -0.1) is 0 Å². The number of rotatable bonds is 36. The van der Waals surface area contributed by atoms with Crippen molar-refractivity contribution in [3.63, 3.8) is 0 Å². The summed E-state index contributed by atoms with van der Waals surface area (Å²) in [5.74, 6) is 5.25. The van der Waals surface area contributed by atoms with Crippen LogP contribution in [0.2, 0.25) is 0 Å². The maximum atomic E-state index is 2.76. The second-order valence-corrected chi connectivity index (χ2v) is 17.3. The van der Waals surface area contributed by atoms with E-state index in [0.717, 1.165) is 0 Å². The zero-order valence-electron chi connectivity index (χ0n) is 28.4. The van der Waals surface area contributed by atoms with Gasteiger partial charge in [0.25, 0.3) is 0 Å². The first kappa shape index (κ1) is 42.3. The van der Waals surface area contributed by atoms with Gasteiger partial charge in [0.05, 0.1) is 0 Å². The van der Waals surface area contributed by atoms with E-state index in [1.54, 1.807) is 0 Å². The molecular formula is C35H74N2S4. The third kappa shape index (κ3) is 34.0. The van der Waals surface area contributed by atoms with Crippen molar-refractivity contribution in [2.24, 2.45) is 0 Å². The minimum atomic E-state index is 1.19. The third-order valence-electron chi connectivity index (χ3n) is 8.15. The van der Waals surface area contributed by atoms with Crippen LogP contribution in [0, 0.1) is 0 Å². The molecule has 0 bridgehead atoms. The molecule has 0 atom stereocenters. The lowest BCUT2D eigenvalue weighted by Crippen LogP contribution is -2.32. The van der Waals surface area contributed by atoms with Gasteiger partial charge in [-0.1, -0.05) is 186 Å². The summed E-state index contributed by atoms with van der Waals surface area (Å²) in [7, 11) is 8.51. The summed E-state index contributed by atoms with van der Waals surface area (Å²) in [6.45, 7) is 16.6. The van der Waals surface area contributed by atoms with Gasteiger partial charge in [-0.05, 0) is 45.4 Å². The summed E-state index contributed by atoms with van der Waals surface area (Å²) in [6.07, 6.45) is 30.1. The van der Waals surface area contributed by atoms with Crippen LogP contribution in [0.3, 0.4) is 0 Å². The molecule has 0 unspecified atom stereocenters. The number of hydrogen-bond acceptors (Lipinski definition) is 6. The first-order chi connectivity index (χ1) is 20.3. The topological polar surface area (TPSA) is 6.48 Å². The van der Waals surface area contributed by atoms with Gasteiger partial charge in [-0.2, -0.15) is 0 Å². The minimum absolute atomic E-state index is 1.19. The number of nitrogens with zero attached hydrogens (tertiary/aromatic N) is 2.